The summed E-state index contributed by atoms with van der Waals surface area (Å²) in [5.41, 5.74) is 2.82. The van der Waals surface area contributed by atoms with Crippen molar-refractivity contribution in [1.82, 2.24) is 5.32 Å². The molecular formula is C17H19NS. The Hall–Kier alpha value is -1.25. The molecule has 0 fully saturated rings. The van der Waals surface area contributed by atoms with E-state index in [0.29, 0.717) is 12.1 Å². The lowest BCUT2D eigenvalue weighted by molar-refractivity contribution is 0.450. The highest BCUT2D eigenvalue weighted by Gasteiger charge is 2.21. The van der Waals surface area contributed by atoms with E-state index < -0.39 is 0 Å². The van der Waals surface area contributed by atoms with Crippen molar-refractivity contribution < 1.29 is 0 Å². The smallest absolute Gasteiger partial charge is 0.0344 e. The van der Waals surface area contributed by atoms with Crippen molar-refractivity contribution in [2.75, 3.05) is 5.75 Å². The Morgan fingerprint density at radius 2 is 1.79 bits per heavy atom. The second-order valence-electron chi connectivity index (χ2n) is 5.03. The SMILES string of the molecule is CC(NC1CCSc2ccccc21)c1ccccc1. The van der Waals surface area contributed by atoms with Gasteiger partial charge in [0, 0.05) is 17.0 Å². The lowest BCUT2D eigenvalue weighted by Crippen LogP contribution is -2.27. The third-order valence-electron chi connectivity index (χ3n) is 3.71. The van der Waals surface area contributed by atoms with Gasteiger partial charge in [0.25, 0.3) is 0 Å². The van der Waals surface area contributed by atoms with Crippen molar-refractivity contribution >= 4 is 11.8 Å². The Kier molecular flexibility index (Phi) is 3.90. The van der Waals surface area contributed by atoms with Crippen LogP contribution in [0.1, 0.15) is 36.6 Å². The molecule has 2 aromatic rings. The fourth-order valence-electron chi connectivity index (χ4n) is 2.65. The molecule has 0 spiro atoms. The molecule has 2 heteroatoms. The number of thioether (sulfide) groups is 1. The number of rotatable bonds is 3. The topological polar surface area (TPSA) is 12.0 Å². The zero-order valence-electron chi connectivity index (χ0n) is 11.2. The molecule has 0 radical (unpaired) electrons. The largest absolute Gasteiger partial charge is 0.303 e. The van der Waals surface area contributed by atoms with Crippen molar-refractivity contribution in [2.45, 2.75) is 30.3 Å². The Morgan fingerprint density at radius 3 is 2.63 bits per heavy atom. The van der Waals surface area contributed by atoms with Gasteiger partial charge < -0.3 is 5.32 Å². The Morgan fingerprint density at radius 1 is 1.05 bits per heavy atom. The molecule has 1 aliphatic rings. The van der Waals surface area contributed by atoms with Crippen LogP contribution in [0, 0.1) is 0 Å². The van der Waals surface area contributed by atoms with Crippen LogP contribution in [0.5, 0.6) is 0 Å². The number of benzene rings is 2. The van der Waals surface area contributed by atoms with E-state index >= 15 is 0 Å². The minimum absolute atomic E-state index is 0.391. The molecule has 19 heavy (non-hydrogen) atoms. The molecule has 0 amide bonds. The van der Waals surface area contributed by atoms with Gasteiger partial charge in [-0.3, -0.25) is 0 Å². The zero-order valence-corrected chi connectivity index (χ0v) is 12.0. The first-order valence-corrected chi connectivity index (χ1v) is 7.86. The highest BCUT2D eigenvalue weighted by molar-refractivity contribution is 7.99. The van der Waals surface area contributed by atoms with Crippen LogP contribution in [-0.2, 0) is 0 Å². The van der Waals surface area contributed by atoms with Gasteiger partial charge in [-0.2, -0.15) is 0 Å². The molecular weight excluding hydrogens is 250 g/mol. The Labute approximate surface area is 119 Å². The number of nitrogens with one attached hydrogen (secondary N) is 1. The molecule has 3 rings (SSSR count). The first-order chi connectivity index (χ1) is 9.34. The maximum Gasteiger partial charge on any atom is 0.0344 e. The quantitative estimate of drug-likeness (QED) is 0.875. The minimum Gasteiger partial charge on any atom is -0.303 e. The molecule has 1 nitrogen and oxygen atoms in total. The summed E-state index contributed by atoms with van der Waals surface area (Å²) in [5.74, 6) is 1.20. The predicted octanol–water partition coefficient (Wildman–Crippen LogP) is 4.57. The van der Waals surface area contributed by atoms with E-state index in [9.17, 15) is 0 Å². The summed E-state index contributed by atoms with van der Waals surface area (Å²) >= 11 is 1.98. The summed E-state index contributed by atoms with van der Waals surface area (Å²) in [7, 11) is 0. The zero-order chi connectivity index (χ0) is 13.1. The van der Waals surface area contributed by atoms with E-state index in [1.54, 1.807) is 0 Å². The average Bonchev–Trinajstić information content (AvgIpc) is 2.48. The molecule has 0 aliphatic carbocycles. The van der Waals surface area contributed by atoms with Gasteiger partial charge in [-0.15, -0.1) is 11.8 Å². The van der Waals surface area contributed by atoms with Crippen LogP contribution in [0.4, 0.5) is 0 Å². The van der Waals surface area contributed by atoms with Crippen LogP contribution in [-0.4, -0.2) is 5.75 Å². The molecule has 2 unspecified atom stereocenters. The maximum atomic E-state index is 3.78. The summed E-state index contributed by atoms with van der Waals surface area (Å²) in [6.45, 7) is 2.25. The Balaban J connectivity index is 1.78. The highest BCUT2D eigenvalue weighted by atomic mass is 32.2. The molecule has 0 saturated carbocycles. The lowest BCUT2D eigenvalue weighted by Gasteiger charge is -2.29. The van der Waals surface area contributed by atoms with E-state index in [0.717, 1.165) is 0 Å². The van der Waals surface area contributed by atoms with Crippen LogP contribution in [0.15, 0.2) is 59.5 Å². The van der Waals surface area contributed by atoms with Gasteiger partial charge in [-0.1, -0.05) is 48.5 Å². The van der Waals surface area contributed by atoms with Crippen LogP contribution in [0.2, 0.25) is 0 Å². The van der Waals surface area contributed by atoms with Crippen LogP contribution in [0.3, 0.4) is 0 Å². The molecule has 2 aromatic carbocycles. The van der Waals surface area contributed by atoms with E-state index in [1.807, 2.05) is 11.8 Å². The summed E-state index contributed by atoms with van der Waals surface area (Å²) < 4.78 is 0. The van der Waals surface area contributed by atoms with Gasteiger partial charge >= 0.3 is 0 Å². The normalized spacial score (nSPS) is 19.7. The molecule has 0 saturated heterocycles. The van der Waals surface area contributed by atoms with Gasteiger partial charge in [0.15, 0.2) is 0 Å². The molecule has 1 aliphatic heterocycles. The third-order valence-corrected chi connectivity index (χ3v) is 4.83. The summed E-state index contributed by atoms with van der Waals surface area (Å²) in [6.07, 6.45) is 1.21. The van der Waals surface area contributed by atoms with E-state index in [4.69, 9.17) is 0 Å². The average molecular weight is 269 g/mol. The molecule has 0 aromatic heterocycles. The molecule has 0 bridgehead atoms. The van der Waals surface area contributed by atoms with E-state index in [-0.39, 0.29) is 0 Å². The van der Waals surface area contributed by atoms with Crippen LogP contribution < -0.4 is 5.32 Å². The van der Waals surface area contributed by atoms with Crippen molar-refractivity contribution in [2.24, 2.45) is 0 Å². The van der Waals surface area contributed by atoms with Crippen molar-refractivity contribution in [3.8, 4) is 0 Å². The van der Waals surface area contributed by atoms with Gasteiger partial charge in [0.1, 0.15) is 0 Å². The summed E-state index contributed by atoms with van der Waals surface area (Å²) in [5, 5.41) is 3.78. The van der Waals surface area contributed by atoms with Gasteiger partial charge in [-0.05, 0) is 36.3 Å². The molecule has 2 atom stereocenters. The van der Waals surface area contributed by atoms with Crippen molar-refractivity contribution in [3.63, 3.8) is 0 Å². The molecule has 1 N–H and O–H groups in total. The van der Waals surface area contributed by atoms with Crippen LogP contribution >= 0.6 is 11.8 Å². The highest BCUT2D eigenvalue weighted by Crippen LogP contribution is 2.36. The second kappa shape index (κ2) is 5.81. The number of hydrogen-bond acceptors (Lipinski definition) is 2. The lowest BCUT2D eigenvalue weighted by atomic mass is 10.0. The third kappa shape index (κ3) is 2.85. The van der Waals surface area contributed by atoms with Crippen LogP contribution in [0.25, 0.3) is 0 Å². The Bertz CT molecular complexity index is 538. The second-order valence-corrected chi connectivity index (χ2v) is 6.16. The number of fused-ring (bicyclic) bond motifs is 1. The van der Waals surface area contributed by atoms with Crippen molar-refractivity contribution in [3.05, 3.63) is 65.7 Å². The summed E-state index contributed by atoms with van der Waals surface area (Å²) in [6, 6.07) is 20.3. The molecule has 1 heterocycles. The van der Waals surface area contributed by atoms with Gasteiger partial charge in [0.05, 0.1) is 0 Å². The monoisotopic (exact) mass is 269 g/mol. The fraction of sp³-hybridized carbons (Fsp3) is 0.294. The van der Waals surface area contributed by atoms with E-state index in [2.05, 4.69) is 66.8 Å². The van der Waals surface area contributed by atoms with Gasteiger partial charge in [0.2, 0.25) is 0 Å². The molecule has 98 valence electrons. The fourth-order valence-corrected chi connectivity index (χ4v) is 3.78. The van der Waals surface area contributed by atoms with Gasteiger partial charge in [-0.25, -0.2) is 0 Å². The first-order valence-electron chi connectivity index (χ1n) is 6.87. The predicted molar refractivity (Wildman–Crippen MR) is 82.5 cm³/mol. The summed E-state index contributed by atoms with van der Waals surface area (Å²) in [4.78, 5) is 1.44. The first kappa shape index (κ1) is 12.8. The van der Waals surface area contributed by atoms with E-state index in [1.165, 1.54) is 28.2 Å². The number of hydrogen-bond donors (Lipinski definition) is 1. The standard InChI is InChI=1S/C17H19NS/c1-13(14-7-3-2-4-8-14)18-16-11-12-19-17-10-6-5-9-15(16)17/h2-10,13,16,18H,11-12H2,1H3. The van der Waals surface area contributed by atoms with Crippen molar-refractivity contribution in [1.29, 1.82) is 0 Å². The maximum absolute atomic E-state index is 3.78. The minimum atomic E-state index is 0.391.